The second kappa shape index (κ2) is 6.13. The summed E-state index contributed by atoms with van der Waals surface area (Å²) < 4.78 is 18.7. The van der Waals surface area contributed by atoms with E-state index in [4.69, 9.17) is 4.42 Å². The van der Waals surface area contributed by atoms with Crippen molar-refractivity contribution in [2.24, 2.45) is 0 Å². The number of hydrogen-bond acceptors (Lipinski definition) is 3. The molecule has 0 fully saturated rings. The summed E-state index contributed by atoms with van der Waals surface area (Å²) in [5.41, 5.74) is 0.933. The van der Waals surface area contributed by atoms with Crippen LogP contribution in [0.15, 0.2) is 45.5 Å². The molecule has 5 heteroatoms. The maximum Gasteiger partial charge on any atom is 0.133 e. The van der Waals surface area contributed by atoms with Gasteiger partial charge in [0.05, 0.1) is 6.26 Å². The molecule has 0 aliphatic rings. The average Bonchev–Trinajstić information content (AvgIpc) is 2.85. The molecular weight excluding hydrogens is 301 g/mol. The molecule has 96 valence electrons. The van der Waals surface area contributed by atoms with E-state index in [1.54, 1.807) is 18.2 Å². The fourth-order valence-corrected chi connectivity index (χ4v) is 2.08. The smallest absolute Gasteiger partial charge is 0.133 e. The fourth-order valence-electron chi connectivity index (χ4n) is 1.59. The Kier molecular flexibility index (Phi) is 4.52. The van der Waals surface area contributed by atoms with E-state index in [1.165, 1.54) is 18.4 Å². The Hall–Kier alpha value is -1.17. The van der Waals surface area contributed by atoms with E-state index in [9.17, 15) is 9.50 Å². The van der Waals surface area contributed by atoms with Gasteiger partial charge in [0, 0.05) is 17.6 Å². The van der Waals surface area contributed by atoms with E-state index in [0.717, 1.165) is 5.56 Å². The van der Waals surface area contributed by atoms with Crippen LogP contribution in [0.2, 0.25) is 0 Å². The Balaban J connectivity index is 1.85. The van der Waals surface area contributed by atoms with Crippen LogP contribution in [0.1, 0.15) is 17.4 Å². The predicted molar refractivity (Wildman–Crippen MR) is 69.5 cm³/mol. The first kappa shape index (κ1) is 13.3. The van der Waals surface area contributed by atoms with Crippen molar-refractivity contribution in [3.8, 4) is 0 Å². The molecule has 0 spiro atoms. The molecule has 1 atom stereocenters. The van der Waals surface area contributed by atoms with Crippen LogP contribution in [-0.4, -0.2) is 11.7 Å². The second-order valence-electron chi connectivity index (χ2n) is 3.90. The molecule has 0 aliphatic heterocycles. The molecule has 0 aliphatic carbocycles. The van der Waals surface area contributed by atoms with Gasteiger partial charge < -0.3 is 14.8 Å². The SMILES string of the molecule is OC(CNCc1ccc(F)cc1Br)c1ccco1. The normalized spacial score (nSPS) is 12.6. The summed E-state index contributed by atoms with van der Waals surface area (Å²) in [5, 5.41) is 12.9. The van der Waals surface area contributed by atoms with Gasteiger partial charge in [0.25, 0.3) is 0 Å². The first-order chi connectivity index (χ1) is 8.66. The topological polar surface area (TPSA) is 45.4 Å². The van der Waals surface area contributed by atoms with Gasteiger partial charge in [-0.15, -0.1) is 0 Å². The maximum atomic E-state index is 12.9. The molecule has 0 radical (unpaired) electrons. The van der Waals surface area contributed by atoms with Gasteiger partial charge in [0.15, 0.2) is 0 Å². The van der Waals surface area contributed by atoms with Crippen molar-refractivity contribution in [1.29, 1.82) is 0 Å². The van der Waals surface area contributed by atoms with Crippen molar-refractivity contribution in [2.75, 3.05) is 6.54 Å². The van der Waals surface area contributed by atoms with Gasteiger partial charge in [0.2, 0.25) is 0 Å². The summed E-state index contributed by atoms with van der Waals surface area (Å²) in [6, 6.07) is 7.98. The van der Waals surface area contributed by atoms with Gasteiger partial charge >= 0.3 is 0 Å². The third-order valence-electron chi connectivity index (χ3n) is 2.54. The average molecular weight is 314 g/mol. The number of furan rings is 1. The first-order valence-electron chi connectivity index (χ1n) is 5.53. The molecule has 3 nitrogen and oxygen atoms in total. The Bertz CT molecular complexity index is 502. The lowest BCUT2D eigenvalue weighted by Crippen LogP contribution is -2.21. The van der Waals surface area contributed by atoms with E-state index in [2.05, 4.69) is 21.2 Å². The van der Waals surface area contributed by atoms with Gasteiger partial charge in [-0.1, -0.05) is 22.0 Å². The van der Waals surface area contributed by atoms with E-state index in [1.807, 2.05) is 0 Å². The highest BCUT2D eigenvalue weighted by Gasteiger charge is 2.09. The minimum absolute atomic E-state index is 0.277. The van der Waals surface area contributed by atoms with Crippen LogP contribution in [0.4, 0.5) is 4.39 Å². The number of halogens is 2. The molecule has 0 saturated heterocycles. The Morgan fingerprint density at radius 1 is 1.39 bits per heavy atom. The largest absolute Gasteiger partial charge is 0.467 e. The summed E-state index contributed by atoms with van der Waals surface area (Å²) in [6.45, 7) is 0.913. The van der Waals surface area contributed by atoms with Gasteiger partial charge in [-0.25, -0.2) is 4.39 Å². The molecule has 0 bridgehead atoms. The van der Waals surface area contributed by atoms with Crippen LogP contribution >= 0.6 is 15.9 Å². The quantitative estimate of drug-likeness (QED) is 0.892. The predicted octanol–water partition coefficient (Wildman–Crippen LogP) is 3.00. The van der Waals surface area contributed by atoms with E-state index < -0.39 is 6.10 Å². The standard InChI is InChI=1S/C13H13BrFNO2/c14-11-6-10(15)4-3-9(11)7-16-8-12(17)13-2-1-5-18-13/h1-6,12,16-17H,7-8H2. The third-order valence-corrected chi connectivity index (χ3v) is 3.28. The summed E-state index contributed by atoms with van der Waals surface area (Å²) >= 11 is 3.29. The molecule has 1 aromatic carbocycles. The maximum absolute atomic E-state index is 12.9. The molecule has 18 heavy (non-hydrogen) atoms. The zero-order chi connectivity index (χ0) is 13.0. The van der Waals surface area contributed by atoms with Crippen LogP contribution < -0.4 is 5.32 Å². The van der Waals surface area contributed by atoms with Gasteiger partial charge in [0.1, 0.15) is 17.7 Å². The number of aliphatic hydroxyl groups is 1. The van der Waals surface area contributed by atoms with Crippen molar-refractivity contribution in [3.63, 3.8) is 0 Å². The highest BCUT2D eigenvalue weighted by Crippen LogP contribution is 2.18. The highest BCUT2D eigenvalue weighted by molar-refractivity contribution is 9.10. The molecule has 2 aromatic rings. The van der Waals surface area contributed by atoms with Gasteiger partial charge in [-0.2, -0.15) is 0 Å². The molecular formula is C13H13BrFNO2. The molecule has 1 aromatic heterocycles. The van der Waals surface area contributed by atoms with Crippen LogP contribution in [0.3, 0.4) is 0 Å². The molecule has 2 N–H and O–H groups in total. The number of rotatable bonds is 5. The number of hydrogen-bond donors (Lipinski definition) is 2. The molecule has 2 rings (SSSR count). The Labute approximate surface area is 113 Å². The summed E-state index contributed by atoms with van der Waals surface area (Å²) in [6.07, 6.45) is 0.842. The fraction of sp³-hybridized carbons (Fsp3) is 0.231. The molecule has 0 amide bonds. The number of nitrogens with one attached hydrogen (secondary N) is 1. The molecule has 1 unspecified atom stereocenters. The van der Waals surface area contributed by atoms with E-state index in [-0.39, 0.29) is 5.82 Å². The summed E-state index contributed by atoms with van der Waals surface area (Å²) in [7, 11) is 0. The monoisotopic (exact) mass is 313 g/mol. The molecule has 0 saturated carbocycles. The van der Waals surface area contributed by atoms with Crippen LogP contribution in [0.5, 0.6) is 0 Å². The highest BCUT2D eigenvalue weighted by atomic mass is 79.9. The summed E-state index contributed by atoms with van der Waals surface area (Å²) in [4.78, 5) is 0. The Morgan fingerprint density at radius 3 is 2.89 bits per heavy atom. The zero-order valence-electron chi connectivity index (χ0n) is 9.57. The van der Waals surface area contributed by atoms with Crippen molar-refractivity contribution in [3.05, 3.63) is 58.2 Å². The second-order valence-corrected chi connectivity index (χ2v) is 4.75. The first-order valence-corrected chi connectivity index (χ1v) is 6.32. The minimum atomic E-state index is -0.681. The molecule has 1 heterocycles. The van der Waals surface area contributed by atoms with E-state index >= 15 is 0 Å². The van der Waals surface area contributed by atoms with Crippen LogP contribution in [-0.2, 0) is 6.54 Å². The lowest BCUT2D eigenvalue weighted by molar-refractivity contribution is 0.147. The van der Waals surface area contributed by atoms with Crippen molar-refractivity contribution in [2.45, 2.75) is 12.6 Å². The zero-order valence-corrected chi connectivity index (χ0v) is 11.2. The van der Waals surface area contributed by atoms with E-state index in [0.29, 0.717) is 23.3 Å². The lowest BCUT2D eigenvalue weighted by Gasteiger charge is -2.10. The van der Waals surface area contributed by atoms with Crippen LogP contribution in [0, 0.1) is 5.82 Å². The van der Waals surface area contributed by atoms with Gasteiger partial charge in [-0.3, -0.25) is 0 Å². The minimum Gasteiger partial charge on any atom is -0.467 e. The Morgan fingerprint density at radius 2 is 2.22 bits per heavy atom. The lowest BCUT2D eigenvalue weighted by atomic mass is 10.2. The van der Waals surface area contributed by atoms with Crippen molar-refractivity contribution >= 4 is 15.9 Å². The summed E-state index contributed by atoms with van der Waals surface area (Å²) in [5.74, 6) is 0.252. The number of aliphatic hydroxyl groups excluding tert-OH is 1. The number of benzene rings is 1. The third kappa shape index (κ3) is 3.41. The van der Waals surface area contributed by atoms with Crippen molar-refractivity contribution < 1.29 is 13.9 Å². The van der Waals surface area contributed by atoms with Crippen molar-refractivity contribution in [1.82, 2.24) is 5.32 Å². The van der Waals surface area contributed by atoms with Crippen LogP contribution in [0.25, 0.3) is 0 Å². The van der Waals surface area contributed by atoms with Gasteiger partial charge in [-0.05, 0) is 29.8 Å².